The summed E-state index contributed by atoms with van der Waals surface area (Å²) in [6, 6.07) is 2.49. The highest BCUT2D eigenvalue weighted by Crippen LogP contribution is 2.56. The summed E-state index contributed by atoms with van der Waals surface area (Å²) in [6.45, 7) is -1.49. The minimum Gasteiger partial charge on any atom is -0.490 e. The molecular formula is C21H20ClF5N6O. The summed E-state index contributed by atoms with van der Waals surface area (Å²) in [5, 5.41) is 8.71. The van der Waals surface area contributed by atoms with Gasteiger partial charge in [0.1, 0.15) is 41.2 Å². The Bertz CT molecular complexity index is 1210. The minimum absolute atomic E-state index is 0.00111. The second-order valence-electron chi connectivity index (χ2n) is 8.87. The Balaban J connectivity index is 1.44. The van der Waals surface area contributed by atoms with Crippen molar-refractivity contribution in [2.45, 2.75) is 44.0 Å². The van der Waals surface area contributed by atoms with Gasteiger partial charge in [0.15, 0.2) is 0 Å². The highest BCUT2D eigenvalue weighted by atomic mass is 35.5. The Hall–Kier alpha value is -2.73. The molecule has 2 aromatic heterocycles. The molecule has 2 saturated carbocycles. The van der Waals surface area contributed by atoms with Crippen molar-refractivity contribution >= 4 is 23.2 Å². The molecule has 2 heterocycles. The van der Waals surface area contributed by atoms with Crippen molar-refractivity contribution in [3.8, 4) is 16.9 Å². The fourth-order valence-electron chi connectivity index (χ4n) is 4.95. The Morgan fingerprint density at radius 3 is 2.44 bits per heavy atom. The lowest BCUT2D eigenvalue weighted by molar-refractivity contribution is -0.115. The number of hydrogen-bond donors (Lipinski definition) is 2. The van der Waals surface area contributed by atoms with E-state index >= 15 is 8.78 Å². The van der Waals surface area contributed by atoms with Crippen LogP contribution in [0.1, 0.15) is 25.7 Å². The van der Waals surface area contributed by atoms with Crippen molar-refractivity contribution in [2.24, 2.45) is 5.41 Å². The number of nitrogens with zero attached hydrogens (tertiary/aromatic N) is 4. The van der Waals surface area contributed by atoms with Crippen molar-refractivity contribution in [3.63, 3.8) is 0 Å². The zero-order valence-corrected chi connectivity index (χ0v) is 18.6. The molecule has 0 bridgehead atoms. The summed E-state index contributed by atoms with van der Waals surface area (Å²) in [5.74, 6) is -2.63. The first-order valence-electron chi connectivity index (χ1n) is 10.6. The fourth-order valence-corrected chi connectivity index (χ4v) is 5.21. The fraction of sp³-hybridized carbons (Fsp3) is 0.476. The molecule has 3 aromatic rings. The van der Waals surface area contributed by atoms with E-state index in [0.29, 0.717) is 6.04 Å². The molecule has 0 radical (unpaired) electrons. The number of anilines is 1. The average Bonchev–Trinajstić information content (AvgIpc) is 3.14. The molecule has 2 N–H and O–H groups in total. The van der Waals surface area contributed by atoms with Crippen LogP contribution < -0.4 is 15.4 Å². The lowest BCUT2D eigenvalue weighted by Crippen LogP contribution is -2.57. The summed E-state index contributed by atoms with van der Waals surface area (Å²) in [6.07, 6.45) is -0.00656. The van der Waals surface area contributed by atoms with Crippen LogP contribution in [0.4, 0.5) is 27.8 Å². The van der Waals surface area contributed by atoms with Gasteiger partial charge in [-0.15, -0.1) is 0 Å². The van der Waals surface area contributed by atoms with Crippen LogP contribution in [0.5, 0.6) is 5.75 Å². The van der Waals surface area contributed by atoms with Gasteiger partial charge in [-0.05, 0) is 38.1 Å². The quantitative estimate of drug-likeness (QED) is 0.379. The molecule has 2 aliphatic rings. The third-order valence-electron chi connectivity index (χ3n) is 6.50. The SMILES string of the molecule is CNC1CC2(C1)CC(Oc1cc(F)c(-c3c(Cl)nc4ncnn4c3NCC(F)(F)F)c(F)c1)C2. The minimum atomic E-state index is -4.61. The number of fused-ring (bicyclic) bond motifs is 1. The van der Waals surface area contributed by atoms with Gasteiger partial charge in [-0.1, -0.05) is 11.6 Å². The predicted octanol–water partition coefficient (Wildman–Crippen LogP) is 4.61. The number of benzene rings is 1. The summed E-state index contributed by atoms with van der Waals surface area (Å²) in [5.41, 5.74) is -0.811. The van der Waals surface area contributed by atoms with E-state index in [1.165, 1.54) is 0 Å². The number of aromatic nitrogens is 4. The Kier molecular flexibility index (Phi) is 5.55. The zero-order chi connectivity index (χ0) is 24.3. The molecular weight excluding hydrogens is 483 g/mol. The molecule has 1 aromatic carbocycles. The van der Waals surface area contributed by atoms with Crippen molar-refractivity contribution in [3.05, 3.63) is 35.2 Å². The van der Waals surface area contributed by atoms with Gasteiger partial charge in [-0.2, -0.15) is 32.8 Å². The van der Waals surface area contributed by atoms with Crippen molar-refractivity contribution in [1.29, 1.82) is 0 Å². The van der Waals surface area contributed by atoms with Crippen molar-refractivity contribution in [1.82, 2.24) is 24.9 Å². The molecule has 0 aliphatic heterocycles. The van der Waals surface area contributed by atoms with E-state index in [-0.39, 0.29) is 28.9 Å². The summed E-state index contributed by atoms with van der Waals surface area (Å²) < 4.78 is 75.6. The molecule has 182 valence electrons. The summed E-state index contributed by atoms with van der Waals surface area (Å²) in [4.78, 5) is 7.69. The Labute approximate surface area is 195 Å². The molecule has 34 heavy (non-hydrogen) atoms. The standard InChI is InChI=1S/C21H20ClF5N6O/c1-28-10-4-20(5-10)6-12(7-20)34-11-2-13(23)15(14(24)3-11)16-17(22)32-19-30-9-31-33(19)18(16)29-8-21(25,26)27/h2-3,9-10,12,28-29H,4-8H2,1H3. The van der Waals surface area contributed by atoms with Crippen molar-refractivity contribution < 1.29 is 26.7 Å². The lowest BCUT2D eigenvalue weighted by atomic mass is 9.53. The first kappa shape index (κ1) is 23.0. The van der Waals surface area contributed by atoms with Gasteiger partial charge in [-0.25, -0.2) is 8.78 Å². The third-order valence-corrected chi connectivity index (χ3v) is 6.77. The number of nitrogens with one attached hydrogen (secondary N) is 2. The third kappa shape index (κ3) is 4.13. The highest BCUT2D eigenvalue weighted by Gasteiger charge is 2.53. The maximum absolute atomic E-state index is 15.1. The maximum Gasteiger partial charge on any atom is 0.405 e. The van der Waals surface area contributed by atoms with Gasteiger partial charge in [-0.3, -0.25) is 0 Å². The second kappa shape index (κ2) is 8.19. The lowest BCUT2D eigenvalue weighted by Gasteiger charge is -2.57. The first-order chi connectivity index (χ1) is 16.1. The van der Waals surface area contributed by atoms with Crippen LogP contribution in [-0.2, 0) is 0 Å². The van der Waals surface area contributed by atoms with E-state index in [9.17, 15) is 13.2 Å². The number of halogens is 6. The predicted molar refractivity (Wildman–Crippen MR) is 114 cm³/mol. The topological polar surface area (TPSA) is 76.4 Å². The van der Waals surface area contributed by atoms with Gasteiger partial charge >= 0.3 is 6.18 Å². The molecule has 5 rings (SSSR count). The monoisotopic (exact) mass is 502 g/mol. The maximum atomic E-state index is 15.1. The number of ether oxygens (including phenoxy) is 1. The van der Waals surface area contributed by atoms with Crippen LogP contribution in [0.2, 0.25) is 5.15 Å². The Morgan fingerprint density at radius 1 is 1.15 bits per heavy atom. The molecule has 2 aliphatic carbocycles. The number of hydrogen-bond acceptors (Lipinski definition) is 6. The molecule has 2 fully saturated rings. The van der Waals surface area contributed by atoms with Crippen LogP contribution in [0.3, 0.4) is 0 Å². The van der Waals surface area contributed by atoms with Crippen molar-refractivity contribution in [2.75, 3.05) is 18.9 Å². The largest absolute Gasteiger partial charge is 0.490 e. The second-order valence-corrected chi connectivity index (χ2v) is 9.23. The van der Waals surface area contributed by atoms with Gasteiger partial charge in [0.25, 0.3) is 5.78 Å². The van der Waals surface area contributed by atoms with Crippen LogP contribution in [0.25, 0.3) is 16.9 Å². The molecule has 13 heteroatoms. The summed E-state index contributed by atoms with van der Waals surface area (Å²) >= 11 is 6.14. The molecule has 1 spiro atoms. The molecule has 0 atom stereocenters. The number of rotatable bonds is 6. The van der Waals surface area contributed by atoms with Crippen LogP contribution in [0, 0.1) is 17.0 Å². The zero-order valence-electron chi connectivity index (χ0n) is 17.9. The summed E-state index contributed by atoms with van der Waals surface area (Å²) in [7, 11) is 1.92. The first-order valence-corrected chi connectivity index (χ1v) is 11.0. The van der Waals surface area contributed by atoms with E-state index in [1.807, 2.05) is 7.05 Å². The number of alkyl halides is 3. The van der Waals surface area contributed by atoms with Crippen LogP contribution in [-0.4, -0.2) is 51.5 Å². The van der Waals surface area contributed by atoms with E-state index in [2.05, 4.69) is 25.7 Å². The Morgan fingerprint density at radius 2 is 1.82 bits per heavy atom. The smallest absolute Gasteiger partial charge is 0.405 e. The van der Waals surface area contributed by atoms with E-state index in [1.54, 1.807) is 0 Å². The van der Waals surface area contributed by atoms with Crippen LogP contribution >= 0.6 is 11.6 Å². The molecule has 7 nitrogen and oxygen atoms in total. The average molecular weight is 503 g/mol. The van der Waals surface area contributed by atoms with E-state index in [4.69, 9.17) is 16.3 Å². The van der Waals surface area contributed by atoms with Gasteiger partial charge < -0.3 is 15.4 Å². The van der Waals surface area contributed by atoms with E-state index in [0.717, 1.165) is 48.7 Å². The molecule has 0 unspecified atom stereocenters. The van der Waals surface area contributed by atoms with Gasteiger partial charge in [0.05, 0.1) is 17.2 Å². The van der Waals surface area contributed by atoms with E-state index < -0.39 is 40.6 Å². The normalized spacial score (nSPS) is 24.2. The van der Waals surface area contributed by atoms with Gasteiger partial charge in [0.2, 0.25) is 0 Å². The highest BCUT2D eigenvalue weighted by molar-refractivity contribution is 6.33. The molecule has 0 saturated heterocycles. The molecule has 0 amide bonds. The van der Waals surface area contributed by atoms with Crippen LogP contribution in [0.15, 0.2) is 18.5 Å². The van der Waals surface area contributed by atoms with Gasteiger partial charge in [0, 0.05) is 18.2 Å².